The van der Waals surface area contributed by atoms with Crippen molar-refractivity contribution in [3.05, 3.63) is 112 Å². The lowest BCUT2D eigenvalue weighted by Gasteiger charge is -2.21. The van der Waals surface area contributed by atoms with Gasteiger partial charge in [-0.2, -0.15) is 0 Å². The van der Waals surface area contributed by atoms with Gasteiger partial charge in [-0.1, -0.05) is 72.3 Å². The first-order valence-corrected chi connectivity index (χ1v) is 10.0. The van der Waals surface area contributed by atoms with Crippen molar-refractivity contribution < 1.29 is 9.84 Å². The standard InChI is InChI=1S/C24H21ClN2O3/c25-19-11-12-21-22(13-19)26-16-27(24(21)29)14-20(28)15-30-23(17-7-3-1-4-8-17)18-9-5-2-6-10-18/h1-13,16,20,23,28H,14-15H2. The molecular weight excluding hydrogens is 400 g/mol. The van der Waals surface area contributed by atoms with Crippen molar-refractivity contribution in [3.8, 4) is 0 Å². The number of rotatable bonds is 7. The maximum atomic E-state index is 12.7. The molecule has 6 heteroatoms. The molecule has 1 unspecified atom stereocenters. The fourth-order valence-electron chi connectivity index (χ4n) is 3.39. The van der Waals surface area contributed by atoms with Gasteiger partial charge in [0.2, 0.25) is 0 Å². The first kappa shape index (κ1) is 20.3. The van der Waals surface area contributed by atoms with E-state index in [0.717, 1.165) is 11.1 Å². The van der Waals surface area contributed by atoms with E-state index in [-0.39, 0.29) is 24.8 Å². The molecule has 0 aliphatic heterocycles. The van der Waals surface area contributed by atoms with Crippen molar-refractivity contribution in [2.75, 3.05) is 6.61 Å². The fourth-order valence-corrected chi connectivity index (χ4v) is 3.56. The predicted molar refractivity (Wildman–Crippen MR) is 118 cm³/mol. The van der Waals surface area contributed by atoms with Gasteiger partial charge >= 0.3 is 0 Å². The Hall–Kier alpha value is -2.99. The molecule has 0 spiro atoms. The van der Waals surface area contributed by atoms with Gasteiger partial charge in [-0.25, -0.2) is 4.98 Å². The zero-order valence-corrected chi connectivity index (χ0v) is 16.9. The van der Waals surface area contributed by atoms with E-state index in [1.54, 1.807) is 18.2 Å². The van der Waals surface area contributed by atoms with Crippen molar-refractivity contribution in [2.45, 2.75) is 18.8 Å². The van der Waals surface area contributed by atoms with E-state index in [2.05, 4.69) is 4.98 Å². The molecule has 5 nitrogen and oxygen atoms in total. The number of ether oxygens (including phenoxy) is 1. The summed E-state index contributed by atoms with van der Waals surface area (Å²) in [4.78, 5) is 17.0. The number of nitrogens with zero attached hydrogens (tertiary/aromatic N) is 2. The smallest absolute Gasteiger partial charge is 0.261 e. The van der Waals surface area contributed by atoms with Crippen LogP contribution in [-0.4, -0.2) is 27.4 Å². The molecule has 0 aliphatic carbocycles. The van der Waals surface area contributed by atoms with Gasteiger partial charge in [0, 0.05) is 5.02 Å². The minimum Gasteiger partial charge on any atom is -0.389 e. The Kier molecular flexibility index (Phi) is 6.23. The van der Waals surface area contributed by atoms with Crippen LogP contribution < -0.4 is 5.56 Å². The van der Waals surface area contributed by atoms with Crippen molar-refractivity contribution in [1.82, 2.24) is 9.55 Å². The molecule has 0 saturated carbocycles. The maximum absolute atomic E-state index is 12.7. The zero-order valence-electron chi connectivity index (χ0n) is 16.2. The number of hydrogen-bond acceptors (Lipinski definition) is 4. The molecule has 1 heterocycles. The molecular formula is C24H21ClN2O3. The summed E-state index contributed by atoms with van der Waals surface area (Å²) in [6.45, 7) is 0.153. The number of aliphatic hydroxyl groups excluding tert-OH is 1. The van der Waals surface area contributed by atoms with Crippen LogP contribution in [0.25, 0.3) is 10.9 Å². The lowest BCUT2D eigenvalue weighted by atomic mass is 10.0. The van der Waals surface area contributed by atoms with Gasteiger partial charge in [0.05, 0.1) is 36.5 Å². The topological polar surface area (TPSA) is 64.4 Å². The number of fused-ring (bicyclic) bond motifs is 1. The van der Waals surface area contributed by atoms with Gasteiger partial charge in [-0.15, -0.1) is 0 Å². The highest BCUT2D eigenvalue weighted by atomic mass is 35.5. The monoisotopic (exact) mass is 420 g/mol. The summed E-state index contributed by atoms with van der Waals surface area (Å²) in [6, 6.07) is 24.6. The molecule has 0 saturated heterocycles. The second-order valence-corrected chi connectivity index (χ2v) is 7.49. The molecule has 0 bridgehead atoms. The number of aliphatic hydroxyl groups is 1. The molecule has 0 fully saturated rings. The number of benzene rings is 3. The van der Waals surface area contributed by atoms with E-state index in [1.165, 1.54) is 10.9 Å². The summed E-state index contributed by atoms with van der Waals surface area (Å²) in [5, 5.41) is 11.5. The molecule has 4 rings (SSSR count). The van der Waals surface area contributed by atoms with Crippen molar-refractivity contribution >= 4 is 22.5 Å². The SMILES string of the molecule is O=c1c2ccc(Cl)cc2ncn1CC(O)COC(c1ccccc1)c1ccccc1. The summed E-state index contributed by atoms with van der Waals surface area (Å²) in [5.74, 6) is 0. The largest absolute Gasteiger partial charge is 0.389 e. The normalized spacial score (nSPS) is 12.4. The van der Waals surface area contributed by atoms with Crippen molar-refractivity contribution in [2.24, 2.45) is 0 Å². The second kappa shape index (κ2) is 9.22. The van der Waals surface area contributed by atoms with Crippen LogP contribution in [-0.2, 0) is 11.3 Å². The second-order valence-electron chi connectivity index (χ2n) is 7.05. The first-order valence-electron chi connectivity index (χ1n) is 9.66. The third kappa shape index (κ3) is 4.60. The van der Waals surface area contributed by atoms with Crippen LogP contribution in [0.1, 0.15) is 17.2 Å². The van der Waals surface area contributed by atoms with Crippen LogP contribution in [0.5, 0.6) is 0 Å². The third-order valence-electron chi connectivity index (χ3n) is 4.85. The van der Waals surface area contributed by atoms with E-state index >= 15 is 0 Å². The average molecular weight is 421 g/mol. The Morgan fingerprint density at radius 1 is 0.967 bits per heavy atom. The van der Waals surface area contributed by atoms with Crippen LogP contribution in [0, 0.1) is 0 Å². The molecule has 0 aliphatic rings. The Morgan fingerprint density at radius 3 is 2.23 bits per heavy atom. The lowest BCUT2D eigenvalue weighted by Crippen LogP contribution is -2.30. The minimum atomic E-state index is -0.871. The third-order valence-corrected chi connectivity index (χ3v) is 5.09. The van der Waals surface area contributed by atoms with E-state index in [9.17, 15) is 9.90 Å². The van der Waals surface area contributed by atoms with Gasteiger partial charge < -0.3 is 9.84 Å². The minimum absolute atomic E-state index is 0.0690. The Bertz CT molecular complexity index is 1140. The summed E-state index contributed by atoms with van der Waals surface area (Å²) < 4.78 is 7.48. The van der Waals surface area contributed by atoms with Crippen LogP contribution in [0.15, 0.2) is 90.0 Å². The molecule has 152 valence electrons. The molecule has 0 radical (unpaired) electrons. The van der Waals surface area contributed by atoms with Gasteiger partial charge in [0.1, 0.15) is 6.10 Å². The average Bonchev–Trinajstić information content (AvgIpc) is 2.77. The molecule has 30 heavy (non-hydrogen) atoms. The zero-order chi connectivity index (χ0) is 20.9. The number of halogens is 1. The molecule has 1 atom stereocenters. The van der Waals surface area contributed by atoms with E-state index in [0.29, 0.717) is 15.9 Å². The van der Waals surface area contributed by atoms with E-state index in [4.69, 9.17) is 16.3 Å². The summed E-state index contributed by atoms with van der Waals surface area (Å²) in [5.41, 5.74) is 2.30. The highest BCUT2D eigenvalue weighted by Gasteiger charge is 2.17. The van der Waals surface area contributed by atoms with E-state index in [1.807, 2.05) is 60.7 Å². The summed E-state index contributed by atoms with van der Waals surface area (Å²) >= 11 is 5.96. The van der Waals surface area contributed by atoms with Crippen LogP contribution in [0.2, 0.25) is 5.02 Å². The first-order chi connectivity index (χ1) is 14.6. The summed E-state index contributed by atoms with van der Waals surface area (Å²) in [7, 11) is 0. The Labute approximate surface area is 179 Å². The molecule has 1 aromatic heterocycles. The van der Waals surface area contributed by atoms with Gasteiger partial charge in [0.15, 0.2) is 0 Å². The molecule has 0 amide bonds. The summed E-state index contributed by atoms with van der Waals surface area (Å²) in [6.07, 6.45) is 0.246. The van der Waals surface area contributed by atoms with Gasteiger partial charge in [0.25, 0.3) is 5.56 Å². The quantitative estimate of drug-likeness (QED) is 0.486. The highest BCUT2D eigenvalue weighted by molar-refractivity contribution is 6.31. The van der Waals surface area contributed by atoms with Gasteiger partial charge in [-0.3, -0.25) is 9.36 Å². The van der Waals surface area contributed by atoms with Crippen LogP contribution >= 0.6 is 11.6 Å². The molecule has 3 aromatic carbocycles. The number of hydrogen-bond donors (Lipinski definition) is 1. The van der Waals surface area contributed by atoms with Gasteiger partial charge in [-0.05, 0) is 29.3 Å². The molecule has 4 aromatic rings. The fraction of sp³-hybridized carbons (Fsp3) is 0.167. The highest BCUT2D eigenvalue weighted by Crippen LogP contribution is 2.26. The van der Waals surface area contributed by atoms with Crippen molar-refractivity contribution in [1.29, 1.82) is 0 Å². The molecule has 1 N–H and O–H groups in total. The Morgan fingerprint density at radius 2 is 1.60 bits per heavy atom. The number of aromatic nitrogens is 2. The lowest BCUT2D eigenvalue weighted by molar-refractivity contribution is -0.000985. The van der Waals surface area contributed by atoms with Crippen LogP contribution in [0.3, 0.4) is 0 Å². The Balaban J connectivity index is 1.50. The predicted octanol–water partition coefficient (Wildman–Crippen LogP) is 4.22. The van der Waals surface area contributed by atoms with Crippen molar-refractivity contribution in [3.63, 3.8) is 0 Å². The van der Waals surface area contributed by atoms with Crippen LogP contribution in [0.4, 0.5) is 0 Å². The van der Waals surface area contributed by atoms with E-state index < -0.39 is 6.10 Å². The maximum Gasteiger partial charge on any atom is 0.261 e.